The van der Waals surface area contributed by atoms with Crippen molar-refractivity contribution in [3.8, 4) is 11.4 Å². The van der Waals surface area contributed by atoms with Crippen LogP contribution in [-0.2, 0) is 30.5 Å². The van der Waals surface area contributed by atoms with Gasteiger partial charge in [-0.25, -0.2) is 9.67 Å². The highest BCUT2D eigenvalue weighted by Gasteiger charge is 2.30. The third-order valence-electron chi connectivity index (χ3n) is 8.66. The van der Waals surface area contributed by atoms with Crippen molar-refractivity contribution < 1.29 is 24.0 Å². The van der Waals surface area contributed by atoms with Gasteiger partial charge in [0.1, 0.15) is 24.5 Å². The number of rotatable bonds is 4. The molecule has 0 spiro atoms. The lowest BCUT2D eigenvalue weighted by atomic mass is 9.98. The maximum Gasteiger partial charge on any atom is 0.243 e. The number of fused-ring (bicyclic) bond motifs is 1. The summed E-state index contributed by atoms with van der Waals surface area (Å²) >= 11 is 0. The summed E-state index contributed by atoms with van der Waals surface area (Å²) in [5.41, 5.74) is 0.764. The smallest absolute Gasteiger partial charge is 0.243 e. The van der Waals surface area contributed by atoms with Crippen LogP contribution in [-0.4, -0.2) is 80.9 Å². The SMILES string of the molecule is CC(C)C[C@H]1NC(=O)[C@@H](C)NC(=O)CN(C(=O)C2CCCCCC2)CCCNC(=O)Cn2nc(-c3ccccc3)nc2[C@H](C)NC1=O. The van der Waals surface area contributed by atoms with Gasteiger partial charge in [-0.1, -0.05) is 69.9 Å². The van der Waals surface area contributed by atoms with Crippen molar-refractivity contribution in [1.82, 2.24) is 40.9 Å². The lowest BCUT2D eigenvalue weighted by Crippen LogP contribution is -2.54. The van der Waals surface area contributed by atoms with Crippen molar-refractivity contribution >= 4 is 29.5 Å². The molecule has 1 aromatic heterocycles. The van der Waals surface area contributed by atoms with Gasteiger partial charge in [-0.3, -0.25) is 24.0 Å². The van der Waals surface area contributed by atoms with Crippen LogP contribution in [0.2, 0.25) is 0 Å². The molecule has 0 saturated heterocycles. The number of hydrogen-bond acceptors (Lipinski definition) is 7. The molecule has 13 nitrogen and oxygen atoms in total. The Labute approximate surface area is 277 Å². The lowest BCUT2D eigenvalue weighted by molar-refractivity contribution is -0.140. The van der Waals surface area contributed by atoms with Gasteiger partial charge in [0.05, 0.1) is 12.6 Å². The quantitative estimate of drug-likeness (QED) is 0.369. The topological polar surface area (TPSA) is 167 Å². The highest BCUT2D eigenvalue weighted by Crippen LogP contribution is 2.25. The highest BCUT2D eigenvalue weighted by atomic mass is 16.2. The van der Waals surface area contributed by atoms with E-state index in [9.17, 15) is 24.0 Å². The summed E-state index contributed by atoms with van der Waals surface area (Å²) in [5, 5.41) is 16.0. The number of amides is 5. The molecule has 2 aromatic rings. The Morgan fingerprint density at radius 3 is 2.23 bits per heavy atom. The van der Waals surface area contributed by atoms with E-state index >= 15 is 0 Å². The van der Waals surface area contributed by atoms with Crippen LogP contribution < -0.4 is 21.3 Å². The molecule has 1 aliphatic carbocycles. The summed E-state index contributed by atoms with van der Waals surface area (Å²) in [6.45, 7) is 7.45. The zero-order valence-corrected chi connectivity index (χ0v) is 28.1. The fourth-order valence-electron chi connectivity index (χ4n) is 6.15. The number of carbonyl (C=O) groups is 5. The maximum absolute atomic E-state index is 13.6. The molecular weight excluding hydrogens is 600 g/mol. The monoisotopic (exact) mass is 650 g/mol. The number of benzene rings is 1. The van der Waals surface area contributed by atoms with E-state index in [-0.39, 0.29) is 49.8 Å². The number of nitrogens with one attached hydrogen (secondary N) is 4. The molecule has 0 bridgehead atoms. The van der Waals surface area contributed by atoms with Crippen molar-refractivity contribution in [2.75, 3.05) is 19.6 Å². The maximum atomic E-state index is 13.6. The van der Waals surface area contributed by atoms with E-state index in [4.69, 9.17) is 4.98 Å². The van der Waals surface area contributed by atoms with Crippen LogP contribution in [0.4, 0.5) is 0 Å². The van der Waals surface area contributed by atoms with Crippen LogP contribution in [0.5, 0.6) is 0 Å². The third-order valence-corrected chi connectivity index (χ3v) is 8.66. The first-order valence-electron chi connectivity index (χ1n) is 17.0. The molecular formula is C34H50N8O5. The Balaban J connectivity index is 1.60. The van der Waals surface area contributed by atoms with E-state index in [1.54, 1.807) is 18.7 Å². The summed E-state index contributed by atoms with van der Waals surface area (Å²) in [4.78, 5) is 72.9. The normalized spacial score (nSPS) is 23.3. The van der Waals surface area contributed by atoms with E-state index in [1.165, 1.54) is 4.68 Å². The van der Waals surface area contributed by atoms with Gasteiger partial charge in [-0.15, -0.1) is 0 Å². The average Bonchev–Trinajstić information content (AvgIpc) is 3.26. The van der Waals surface area contributed by atoms with Crippen molar-refractivity contribution in [3.05, 3.63) is 36.2 Å². The van der Waals surface area contributed by atoms with Crippen LogP contribution in [0.25, 0.3) is 11.4 Å². The molecule has 0 unspecified atom stereocenters. The third kappa shape index (κ3) is 10.4. The summed E-state index contributed by atoms with van der Waals surface area (Å²) in [5.74, 6) is -1.02. The van der Waals surface area contributed by atoms with Crippen LogP contribution in [0.3, 0.4) is 0 Å². The van der Waals surface area contributed by atoms with Gasteiger partial charge in [-0.2, -0.15) is 5.10 Å². The first-order valence-corrected chi connectivity index (χ1v) is 17.0. The Hall–Kier alpha value is -4.29. The van der Waals surface area contributed by atoms with Gasteiger partial charge in [0.2, 0.25) is 29.5 Å². The molecule has 1 fully saturated rings. The van der Waals surface area contributed by atoms with Crippen molar-refractivity contribution in [2.24, 2.45) is 11.8 Å². The van der Waals surface area contributed by atoms with E-state index in [0.717, 1.165) is 44.1 Å². The minimum absolute atomic E-state index is 0.0697. The first-order chi connectivity index (χ1) is 22.5. The van der Waals surface area contributed by atoms with E-state index < -0.39 is 35.8 Å². The van der Waals surface area contributed by atoms with Crippen LogP contribution in [0.15, 0.2) is 30.3 Å². The second-order valence-electron chi connectivity index (χ2n) is 13.2. The molecule has 3 atom stereocenters. The van der Waals surface area contributed by atoms with E-state index in [2.05, 4.69) is 26.4 Å². The van der Waals surface area contributed by atoms with Gasteiger partial charge in [-0.05, 0) is 45.4 Å². The predicted octanol–water partition coefficient (Wildman–Crippen LogP) is 2.48. The molecule has 0 radical (unpaired) electrons. The predicted molar refractivity (Wildman–Crippen MR) is 176 cm³/mol. The number of carbonyl (C=O) groups excluding carboxylic acids is 5. The second-order valence-corrected chi connectivity index (χ2v) is 13.2. The second kappa shape index (κ2) is 17.0. The van der Waals surface area contributed by atoms with Crippen molar-refractivity contribution in [1.29, 1.82) is 0 Å². The Morgan fingerprint density at radius 1 is 0.851 bits per heavy atom. The van der Waals surface area contributed by atoms with E-state index in [1.807, 2.05) is 44.2 Å². The van der Waals surface area contributed by atoms with Crippen LogP contribution in [0, 0.1) is 11.8 Å². The Morgan fingerprint density at radius 2 is 1.55 bits per heavy atom. The molecule has 256 valence electrons. The standard InChI is InChI=1S/C34H50N8O5/c1-22(2)19-27-33(46)37-23(3)31-39-30(25-13-10-7-11-14-25)40-42(31)21-28(43)35-17-12-18-41(20-29(44)36-24(4)32(45)38-27)34(47)26-15-8-5-6-9-16-26/h7,10-11,13-14,22-24,26-27H,5-6,8-9,12,15-21H2,1-4H3,(H,35,43)(H,36,44)(H,37,46)(H,38,45)/t23-,24+,27+/m0/s1. The first kappa shape index (κ1) is 35.6. The highest BCUT2D eigenvalue weighted by molar-refractivity contribution is 5.93. The Kier molecular flexibility index (Phi) is 12.9. The molecule has 1 aliphatic heterocycles. The van der Waals surface area contributed by atoms with E-state index in [0.29, 0.717) is 24.5 Å². The van der Waals surface area contributed by atoms with Gasteiger partial charge in [0, 0.05) is 24.6 Å². The fraction of sp³-hybridized carbons (Fsp3) is 0.618. The molecule has 5 amide bonds. The summed E-state index contributed by atoms with van der Waals surface area (Å²) in [6.07, 6.45) is 6.52. The average molecular weight is 651 g/mol. The van der Waals surface area contributed by atoms with Gasteiger partial charge in [0.15, 0.2) is 5.82 Å². The van der Waals surface area contributed by atoms with Gasteiger partial charge in [0.25, 0.3) is 0 Å². The minimum Gasteiger partial charge on any atom is -0.354 e. The Bertz CT molecular complexity index is 1390. The van der Waals surface area contributed by atoms with Gasteiger partial charge < -0.3 is 26.2 Å². The fourth-order valence-corrected chi connectivity index (χ4v) is 6.15. The molecule has 47 heavy (non-hydrogen) atoms. The summed E-state index contributed by atoms with van der Waals surface area (Å²) in [7, 11) is 0. The molecule has 2 aliphatic rings. The summed E-state index contributed by atoms with van der Waals surface area (Å²) < 4.78 is 1.49. The van der Waals surface area contributed by atoms with Crippen LogP contribution >= 0.6 is 0 Å². The molecule has 1 aromatic carbocycles. The largest absolute Gasteiger partial charge is 0.354 e. The molecule has 13 heteroatoms. The number of hydrogen-bond donors (Lipinski definition) is 4. The number of aromatic nitrogens is 3. The lowest BCUT2D eigenvalue weighted by Gasteiger charge is -2.27. The molecule has 4 rings (SSSR count). The number of nitrogens with zero attached hydrogens (tertiary/aromatic N) is 4. The molecule has 1 saturated carbocycles. The summed E-state index contributed by atoms with van der Waals surface area (Å²) in [6, 6.07) is 6.90. The van der Waals surface area contributed by atoms with Crippen molar-refractivity contribution in [2.45, 2.75) is 104 Å². The minimum atomic E-state index is -0.935. The van der Waals surface area contributed by atoms with Crippen LogP contribution in [0.1, 0.15) is 90.9 Å². The molecule has 2 heterocycles. The van der Waals surface area contributed by atoms with Crippen molar-refractivity contribution in [3.63, 3.8) is 0 Å². The zero-order chi connectivity index (χ0) is 33.9. The molecule has 4 N–H and O–H groups in total. The van der Waals surface area contributed by atoms with Gasteiger partial charge >= 0.3 is 0 Å². The zero-order valence-electron chi connectivity index (χ0n) is 28.1.